The van der Waals surface area contributed by atoms with Crippen molar-refractivity contribution in [2.24, 2.45) is 7.05 Å². The maximum absolute atomic E-state index is 13.1. The average molecular weight is 499 g/mol. The molecular formula is C23H16Cl2N4O5. The van der Waals surface area contributed by atoms with Crippen LogP contribution in [0.2, 0.25) is 10.0 Å². The zero-order valence-corrected chi connectivity index (χ0v) is 19.1. The number of rotatable bonds is 4. The van der Waals surface area contributed by atoms with Crippen molar-refractivity contribution < 1.29 is 19.4 Å². The monoisotopic (exact) mass is 498 g/mol. The third-order valence-corrected chi connectivity index (χ3v) is 5.95. The van der Waals surface area contributed by atoms with E-state index in [1.807, 2.05) is 0 Å². The van der Waals surface area contributed by atoms with Crippen LogP contribution in [-0.2, 0) is 11.8 Å². The van der Waals surface area contributed by atoms with Gasteiger partial charge in [0, 0.05) is 35.9 Å². The minimum absolute atomic E-state index is 0.0711. The third-order valence-electron chi connectivity index (χ3n) is 5.32. The molecule has 34 heavy (non-hydrogen) atoms. The summed E-state index contributed by atoms with van der Waals surface area (Å²) in [7, 11) is 1.60. The smallest absolute Gasteiger partial charge is 0.348 e. The second kappa shape index (κ2) is 8.51. The molecule has 5 rings (SSSR count). The molecule has 2 N–H and O–H groups in total. The van der Waals surface area contributed by atoms with Gasteiger partial charge in [0.15, 0.2) is 11.5 Å². The van der Waals surface area contributed by atoms with Crippen LogP contribution < -0.4 is 20.3 Å². The molecule has 4 aromatic rings. The second-order valence-electron chi connectivity index (χ2n) is 7.53. The van der Waals surface area contributed by atoms with Crippen molar-refractivity contribution in [3.63, 3.8) is 0 Å². The van der Waals surface area contributed by atoms with Crippen LogP contribution in [-0.4, -0.2) is 38.3 Å². The second-order valence-corrected chi connectivity index (χ2v) is 8.35. The van der Waals surface area contributed by atoms with E-state index in [-0.39, 0.29) is 23.9 Å². The lowest BCUT2D eigenvalue weighted by Crippen LogP contribution is -2.36. The fraction of sp³-hybridized carbons (Fsp3) is 0.130. The standard InChI is InChI=1S/C23H16Cl2N4O5/c1-29-20-11(7-13(21(29)30)19-14(24)3-2-4-15(19)25)9-26-23(28-20)27-12-5-6-16-17(8-12)34-18(10-33-16)22(31)32/h2-9,18H,10H2,1H3,(H,31,32)(H,26,27,28). The molecule has 0 spiro atoms. The molecule has 3 heterocycles. The van der Waals surface area contributed by atoms with Crippen LogP contribution >= 0.6 is 23.2 Å². The van der Waals surface area contributed by atoms with Crippen LogP contribution in [0.4, 0.5) is 11.6 Å². The first-order chi connectivity index (χ1) is 16.3. The van der Waals surface area contributed by atoms with E-state index in [4.69, 9.17) is 37.8 Å². The molecule has 2 aromatic carbocycles. The van der Waals surface area contributed by atoms with E-state index in [2.05, 4.69) is 15.3 Å². The van der Waals surface area contributed by atoms with Crippen molar-refractivity contribution >= 4 is 51.8 Å². The molecule has 9 nitrogen and oxygen atoms in total. The number of benzene rings is 2. The van der Waals surface area contributed by atoms with Gasteiger partial charge in [-0.1, -0.05) is 29.3 Å². The van der Waals surface area contributed by atoms with Crippen LogP contribution in [0, 0.1) is 0 Å². The first kappa shape index (κ1) is 22.0. The van der Waals surface area contributed by atoms with Gasteiger partial charge in [-0.25, -0.2) is 9.78 Å². The molecule has 0 amide bonds. The minimum Gasteiger partial charge on any atom is -0.485 e. The zero-order chi connectivity index (χ0) is 24.0. The number of carboxylic acid groups (broad SMARTS) is 1. The number of pyridine rings is 1. The van der Waals surface area contributed by atoms with E-state index < -0.39 is 12.1 Å². The molecule has 11 heteroatoms. The highest BCUT2D eigenvalue weighted by molar-refractivity contribution is 6.39. The van der Waals surface area contributed by atoms with Gasteiger partial charge in [0.1, 0.15) is 12.3 Å². The van der Waals surface area contributed by atoms with Gasteiger partial charge < -0.3 is 19.9 Å². The molecule has 1 atom stereocenters. The summed E-state index contributed by atoms with van der Waals surface area (Å²) in [6.07, 6.45) is 0.492. The Kier molecular flexibility index (Phi) is 5.51. The van der Waals surface area contributed by atoms with E-state index in [0.29, 0.717) is 43.6 Å². The van der Waals surface area contributed by atoms with Gasteiger partial charge in [-0.15, -0.1) is 0 Å². The summed E-state index contributed by atoms with van der Waals surface area (Å²) < 4.78 is 12.3. The number of ether oxygens (including phenoxy) is 2. The number of halogens is 2. The Balaban J connectivity index is 1.50. The summed E-state index contributed by atoms with van der Waals surface area (Å²) >= 11 is 12.6. The number of anilines is 2. The molecule has 0 fully saturated rings. The number of carbonyl (C=O) groups is 1. The van der Waals surface area contributed by atoms with Gasteiger partial charge in [0.2, 0.25) is 12.1 Å². The average Bonchev–Trinajstić information content (AvgIpc) is 2.82. The van der Waals surface area contributed by atoms with Gasteiger partial charge in [-0.05, 0) is 30.3 Å². The summed E-state index contributed by atoms with van der Waals surface area (Å²) in [6, 6.07) is 11.7. The topological polar surface area (TPSA) is 116 Å². The van der Waals surface area contributed by atoms with Crippen LogP contribution in [0.25, 0.3) is 22.2 Å². The van der Waals surface area contributed by atoms with Crippen molar-refractivity contribution in [3.05, 3.63) is 69.1 Å². The Hall–Kier alpha value is -3.82. The molecule has 1 unspecified atom stereocenters. The van der Waals surface area contributed by atoms with Crippen molar-refractivity contribution in [1.82, 2.24) is 14.5 Å². The molecule has 0 bridgehead atoms. The number of aryl methyl sites for hydroxylation is 1. The summed E-state index contributed by atoms with van der Waals surface area (Å²) in [4.78, 5) is 33.1. The Labute approximate surface area is 202 Å². The SMILES string of the molecule is Cn1c(=O)c(-c2c(Cl)cccc2Cl)cc2cnc(Nc3ccc4c(c3)OC(C(=O)O)CO4)nc21. The largest absolute Gasteiger partial charge is 0.485 e. The molecular weight excluding hydrogens is 483 g/mol. The molecule has 0 saturated heterocycles. The fourth-order valence-electron chi connectivity index (χ4n) is 3.64. The lowest BCUT2D eigenvalue weighted by molar-refractivity contribution is -0.147. The molecule has 0 aliphatic carbocycles. The predicted molar refractivity (Wildman–Crippen MR) is 128 cm³/mol. The predicted octanol–water partition coefficient (Wildman–Crippen LogP) is 4.27. The van der Waals surface area contributed by atoms with Gasteiger partial charge in [-0.2, -0.15) is 4.98 Å². The first-order valence-corrected chi connectivity index (χ1v) is 10.8. The number of nitrogens with one attached hydrogen (secondary N) is 1. The van der Waals surface area contributed by atoms with Gasteiger partial charge in [-0.3, -0.25) is 9.36 Å². The highest BCUT2D eigenvalue weighted by atomic mass is 35.5. The van der Waals surface area contributed by atoms with E-state index in [1.54, 1.807) is 55.7 Å². The quantitative estimate of drug-likeness (QED) is 0.428. The number of aliphatic carboxylic acids is 1. The Bertz CT molecular complexity index is 1500. The maximum Gasteiger partial charge on any atom is 0.348 e. The van der Waals surface area contributed by atoms with E-state index >= 15 is 0 Å². The van der Waals surface area contributed by atoms with Crippen molar-refractivity contribution in [1.29, 1.82) is 0 Å². The van der Waals surface area contributed by atoms with Crippen LogP contribution in [0.5, 0.6) is 11.5 Å². The molecule has 172 valence electrons. The number of aromatic nitrogens is 3. The summed E-state index contributed by atoms with van der Waals surface area (Å²) in [5.41, 5.74) is 1.43. The van der Waals surface area contributed by atoms with Gasteiger partial charge in [0.05, 0.1) is 15.6 Å². The lowest BCUT2D eigenvalue weighted by Gasteiger charge is -2.24. The fourth-order valence-corrected chi connectivity index (χ4v) is 4.24. The van der Waals surface area contributed by atoms with E-state index in [9.17, 15) is 9.59 Å². The van der Waals surface area contributed by atoms with Crippen LogP contribution in [0.1, 0.15) is 0 Å². The van der Waals surface area contributed by atoms with Crippen molar-refractivity contribution in [3.8, 4) is 22.6 Å². The van der Waals surface area contributed by atoms with Crippen LogP contribution in [0.15, 0.2) is 53.5 Å². The van der Waals surface area contributed by atoms with Crippen molar-refractivity contribution in [2.75, 3.05) is 11.9 Å². The Morgan fingerprint density at radius 1 is 1.18 bits per heavy atom. The summed E-state index contributed by atoms with van der Waals surface area (Å²) in [6.45, 7) is -0.0711. The van der Waals surface area contributed by atoms with Gasteiger partial charge >= 0.3 is 5.97 Å². The van der Waals surface area contributed by atoms with Crippen LogP contribution in [0.3, 0.4) is 0 Å². The van der Waals surface area contributed by atoms with Crippen molar-refractivity contribution in [2.45, 2.75) is 6.10 Å². The van der Waals surface area contributed by atoms with E-state index in [1.165, 1.54) is 4.57 Å². The summed E-state index contributed by atoms with van der Waals surface area (Å²) in [5.74, 6) is -0.147. The number of fused-ring (bicyclic) bond motifs is 2. The first-order valence-electron chi connectivity index (χ1n) is 10.1. The highest BCUT2D eigenvalue weighted by Gasteiger charge is 2.27. The number of hydrogen-bond acceptors (Lipinski definition) is 7. The minimum atomic E-state index is -1.11. The number of carboxylic acids is 1. The number of hydrogen-bond donors (Lipinski definition) is 2. The zero-order valence-electron chi connectivity index (χ0n) is 17.6. The lowest BCUT2D eigenvalue weighted by atomic mass is 10.1. The Morgan fingerprint density at radius 3 is 2.68 bits per heavy atom. The normalized spacial score (nSPS) is 14.7. The molecule has 0 saturated carbocycles. The Morgan fingerprint density at radius 2 is 1.94 bits per heavy atom. The highest BCUT2D eigenvalue weighted by Crippen LogP contribution is 2.36. The molecule has 0 radical (unpaired) electrons. The molecule has 1 aliphatic heterocycles. The number of nitrogens with zero attached hydrogens (tertiary/aromatic N) is 3. The summed E-state index contributed by atoms with van der Waals surface area (Å²) in [5, 5.41) is 13.5. The van der Waals surface area contributed by atoms with Gasteiger partial charge in [0.25, 0.3) is 5.56 Å². The molecule has 2 aromatic heterocycles. The van der Waals surface area contributed by atoms with E-state index in [0.717, 1.165) is 0 Å². The molecule has 1 aliphatic rings. The third kappa shape index (κ3) is 3.89. The maximum atomic E-state index is 13.1.